The van der Waals surface area contributed by atoms with Gasteiger partial charge in [-0.15, -0.1) is 0 Å². The van der Waals surface area contributed by atoms with E-state index in [1.807, 2.05) is 7.05 Å². The fourth-order valence-corrected chi connectivity index (χ4v) is 3.68. The Balaban J connectivity index is 2.63. The molecule has 7 heteroatoms. The summed E-state index contributed by atoms with van der Waals surface area (Å²) < 4.78 is 25.6. The standard InChI is InChI=1S/C10H21N3O2S2/c1-8(10(11)16)17(14,15)13(3)7-9-4-5-12(2)6-9/h8-9H,4-7H2,1-3H3,(H2,11,16). The van der Waals surface area contributed by atoms with Gasteiger partial charge in [0.2, 0.25) is 10.0 Å². The third kappa shape index (κ3) is 3.61. The smallest absolute Gasteiger partial charge is 0.222 e. The summed E-state index contributed by atoms with van der Waals surface area (Å²) in [4.78, 5) is 2.24. The highest BCUT2D eigenvalue weighted by atomic mass is 32.2. The van der Waals surface area contributed by atoms with Crippen molar-refractivity contribution in [3.05, 3.63) is 0 Å². The van der Waals surface area contributed by atoms with Gasteiger partial charge in [0.15, 0.2) is 0 Å². The van der Waals surface area contributed by atoms with Crippen LogP contribution in [-0.4, -0.2) is 61.6 Å². The van der Waals surface area contributed by atoms with Crippen LogP contribution in [0, 0.1) is 5.92 Å². The molecule has 5 nitrogen and oxygen atoms in total. The second kappa shape index (κ2) is 5.60. The number of rotatable bonds is 5. The van der Waals surface area contributed by atoms with Crippen molar-refractivity contribution in [3.8, 4) is 0 Å². The first-order valence-corrected chi connectivity index (χ1v) is 7.59. The second-order valence-electron chi connectivity index (χ2n) is 4.79. The first-order valence-electron chi connectivity index (χ1n) is 5.68. The Kier molecular flexibility index (Phi) is 4.88. The molecule has 0 aromatic carbocycles. The Hall–Kier alpha value is -0.240. The summed E-state index contributed by atoms with van der Waals surface area (Å²) in [5, 5.41) is -0.790. The first-order chi connectivity index (χ1) is 7.75. The highest BCUT2D eigenvalue weighted by molar-refractivity contribution is 7.92. The van der Waals surface area contributed by atoms with Gasteiger partial charge in [-0.1, -0.05) is 12.2 Å². The monoisotopic (exact) mass is 279 g/mol. The lowest BCUT2D eigenvalue weighted by Gasteiger charge is -2.23. The molecule has 0 bridgehead atoms. The van der Waals surface area contributed by atoms with E-state index in [9.17, 15) is 8.42 Å². The molecule has 0 amide bonds. The lowest BCUT2D eigenvalue weighted by molar-refractivity contribution is 0.356. The van der Waals surface area contributed by atoms with Crippen molar-refractivity contribution < 1.29 is 8.42 Å². The molecule has 100 valence electrons. The molecule has 1 saturated heterocycles. The van der Waals surface area contributed by atoms with E-state index in [0.717, 1.165) is 19.5 Å². The summed E-state index contributed by atoms with van der Waals surface area (Å²) in [7, 11) is 0.253. The largest absolute Gasteiger partial charge is 0.392 e. The summed E-state index contributed by atoms with van der Waals surface area (Å²) in [5.41, 5.74) is 5.41. The summed E-state index contributed by atoms with van der Waals surface area (Å²) in [6.45, 7) is 4.05. The average Bonchev–Trinajstić information content (AvgIpc) is 2.62. The Morgan fingerprint density at radius 2 is 2.24 bits per heavy atom. The lowest BCUT2D eigenvalue weighted by atomic mass is 10.1. The summed E-state index contributed by atoms with van der Waals surface area (Å²) in [6.07, 6.45) is 1.04. The molecule has 0 saturated carbocycles. The number of hydrogen-bond donors (Lipinski definition) is 1. The first kappa shape index (κ1) is 14.8. The van der Waals surface area contributed by atoms with Crippen LogP contribution >= 0.6 is 12.2 Å². The lowest BCUT2D eigenvalue weighted by Crippen LogP contribution is -2.43. The SMILES string of the molecule is CC(C(N)=S)S(=O)(=O)N(C)CC1CCN(C)C1. The van der Waals surface area contributed by atoms with Crippen molar-refractivity contribution in [3.63, 3.8) is 0 Å². The summed E-state index contributed by atoms with van der Waals surface area (Å²) >= 11 is 4.75. The van der Waals surface area contributed by atoms with Crippen LogP contribution in [0.25, 0.3) is 0 Å². The van der Waals surface area contributed by atoms with E-state index in [2.05, 4.69) is 4.90 Å². The van der Waals surface area contributed by atoms with E-state index >= 15 is 0 Å². The third-order valence-electron chi connectivity index (χ3n) is 3.29. The fraction of sp³-hybridized carbons (Fsp3) is 0.900. The van der Waals surface area contributed by atoms with Crippen molar-refractivity contribution in [2.45, 2.75) is 18.6 Å². The summed E-state index contributed by atoms with van der Waals surface area (Å²) in [5.74, 6) is 0.401. The molecule has 1 rings (SSSR count). The number of hydrogen-bond acceptors (Lipinski definition) is 4. The molecule has 2 N–H and O–H groups in total. The van der Waals surface area contributed by atoms with Gasteiger partial charge in [0.1, 0.15) is 5.25 Å². The molecule has 17 heavy (non-hydrogen) atoms. The number of sulfonamides is 1. The minimum Gasteiger partial charge on any atom is -0.392 e. The Bertz CT molecular complexity index is 383. The van der Waals surface area contributed by atoms with Crippen LogP contribution in [0.3, 0.4) is 0 Å². The van der Waals surface area contributed by atoms with Crippen LogP contribution in [0.4, 0.5) is 0 Å². The van der Waals surface area contributed by atoms with E-state index in [1.54, 1.807) is 7.05 Å². The maximum atomic E-state index is 12.1. The van der Waals surface area contributed by atoms with Gasteiger partial charge in [0, 0.05) is 20.1 Å². The van der Waals surface area contributed by atoms with Crippen LogP contribution in [0.5, 0.6) is 0 Å². The van der Waals surface area contributed by atoms with Crippen LogP contribution in [0.1, 0.15) is 13.3 Å². The van der Waals surface area contributed by atoms with Gasteiger partial charge in [0.25, 0.3) is 0 Å². The highest BCUT2D eigenvalue weighted by Crippen LogP contribution is 2.18. The van der Waals surface area contributed by atoms with Gasteiger partial charge in [0.05, 0.1) is 4.99 Å². The highest BCUT2D eigenvalue weighted by Gasteiger charge is 2.31. The minimum atomic E-state index is -3.39. The molecule has 1 heterocycles. The summed E-state index contributed by atoms with van der Waals surface area (Å²) in [6, 6.07) is 0. The molecule has 0 aromatic rings. The molecule has 0 spiro atoms. The van der Waals surface area contributed by atoms with Gasteiger partial charge >= 0.3 is 0 Å². The van der Waals surface area contributed by atoms with Gasteiger partial charge in [-0.05, 0) is 32.9 Å². The van der Waals surface area contributed by atoms with Gasteiger partial charge < -0.3 is 10.6 Å². The van der Waals surface area contributed by atoms with Crippen molar-refractivity contribution in [1.29, 1.82) is 0 Å². The van der Waals surface area contributed by atoms with Crippen LogP contribution in [0.2, 0.25) is 0 Å². The maximum absolute atomic E-state index is 12.1. The predicted molar refractivity (Wildman–Crippen MR) is 73.4 cm³/mol. The quantitative estimate of drug-likeness (QED) is 0.710. The van der Waals surface area contributed by atoms with E-state index in [0.29, 0.717) is 12.5 Å². The topological polar surface area (TPSA) is 66.6 Å². The van der Waals surface area contributed by atoms with Crippen LogP contribution in [0.15, 0.2) is 0 Å². The molecule has 1 fully saturated rings. The zero-order valence-corrected chi connectivity index (χ0v) is 12.2. The van der Waals surface area contributed by atoms with Crippen LogP contribution < -0.4 is 5.73 Å². The van der Waals surface area contributed by atoms with Crippen LogP contribution in [-0.2, 0) is 10.0 Å². The normalized spacial score (nSPS) is 24.1. The van der Waals surface area contributed by atoms with Gasteiger partial charge in [-0.25, -0.2) is 12.7 Å². The number of nitrogens with zero attached hydrogens (tertiary/aromatic N) is 2. The maximum Gasteiger partial charge on any atom is 0.222 e. The van der Waals surface area contributed by atoms with E-state index in [-0.39, 0.29) is 4.99 Å². The van der Waals surface area contributed by atoms with Crippen molar-refractivity contribution in [1.82, 2.24) is 9.21 Å². The molecule has 2 atom stereocenters. The second-order valence-corrected chi connectivity index (χ2v) is 7.62. The molecule has 0 aliphatic carbocycles. The molecule has 0 aromatic heterocycles. The van der Waals surface area contributed by atoms with Crippen molar-refractivity contribution in [2.24, 2.45) is 11.7 Å². The van der Waals surface area contributed by atoms with Crippen molar-refractivity contribution in [2.75, 3.05) is 33.7 Å². The Labute approximate surface area is 109 Å². The molecular weight excluding hydrogens is 258 g/mol. The van der Waals surface area contributed by atoms with Crippen molar-refractivity contribution >= 4 is 27.2 Å². The van der Waals surface area contributed by atoms with Gasteiger partial charge in [-0.3, -0.25) is 0 Å². The average molecular weight is 279 g/mol. The molecule has 0 radical (unpaired) electrons. The zero-order valence-electron chi connectivity index (χ0n) is 10.6. The predicted octanol–water partition coefficient (Wildman–Crippen LogP) is -0.126. The molecule has 1 aliphatic rings. The third-order valence-corrected chi connectivity index (χ3v) is 5.95. The molecular formula is C10H21N3O2S2. The van der Waals surface area contributed by atoms with E-state index in [4.69, 9.17) is 18.0 Å². The fourth-order valence-electron chi connectivity index (χ4n) is 2.06. The molecule has 1 aliphatic heterocycles. The van der Waals surface area contributed by atoms with Gasteiger partial charge in [-0.2, -0.15) is 0 Å². The molecule has 2 unspecified atom stereocenters. The van der Waals surface area contributed by atoms with E-state index < -0.39 is 15.3 Å². The number of thiocarbonyl (C=S) groups is 1. The Morgan fingerprint density at radius 3 is 2.65 bits per heavy atom. The zero-order chi connectivity index (χ0) is 13.2. The number of likely N-dealkylation sites (tertiary alicyclic amines) is 1. The Morgan fingerprint density at radius 1 is 1.65 bits per heavy atom. The number of nitrogens with two attached hydrogens (primary N) is 1. The minimum absolute atomic E-state index is 0.0281. The van der Waals surface area contributed by atoms with E-state index in [1.165, 1.54) is 11.2 Å².